The number of nitrogens with one attached hydrogen (secondary N) is 1. The smallest absolute Gasteiger partial charge is 0.211 e. The molecule has 0 aromatic heterocycles. The fourth-order valence-electron chi connectivity index (χ4n) is 3.92. The van der Waals surface area contributed by atoms with E-state index in [1.807, 2.05) is 6.92 Å². The molecule has 1 aliphatic heterocycles. The molecule has 3 atom stereocenters. The molecule has 1 saturated heterocycles. The van der Waals surface area contributed by atoms with Gasteiger partial charge in [0.05, 0.1) is 25.1 Å². The van der Waals surface area contributed by atoms with Crippen molar-refractivity contribution in [2.45, 2.75) is 39.3 Å². The molecule has 0 radical (unpaired) electrons. The Morgan fingerprint density at radius 3 is 2.50 bits per heavy atom. The maximum absolute atomic E-state index is 12.3. The minimum atomic E-state index is -3.24. The van der Waals surface area contributed by atoms with E-state index in [0.717, 1.165) is 32.8 Å². The van der Waals surface area contributed by atoms with Crippen LogP contribution in [0.3, 0.4) is 0 Å². The first kappa shape index (κ1) is 18.1. The molecule has 130 valence electrons. The second-order valence-corrected chi connectivity index (χ2v) is 8.93. The van der Waals surface area contributed by atoms with E-state index in [1.165, 1.54) is 0 Å². The van der Waals surface area contributed by atoms with Crippen LogP contribution < -0.4 is 4.72 Å². The molecular weight excluding hydrogens is 304 g/mol. The standard InChI is InChI=1S/C15H30N2O4S/c1-12-13(15(2,3)14(12)20-4)16-22(18,19)11-5-6-17-7-9-21-10-8-17/h12-14,16H,5-11H2,1-4H3. The van der Waals surface area contributed by atoms with Gasteiger partial charge in [0.2, 0.25) is 10.0 Å². The molecule has 1 heterocycles. The lowest BCUT2D eigenvalue weighted by molar-refractivity contribution is -0.138. The summed E-state index contributed by atoms with van der Waals surface area (Å²) >= 11 is 0. The molecular formula is C15H30N2O4S. The third-order valence-electron chi connectivity index (χ3n) is 5.09. The average molecular weight is 334 g/mol. The maximum atomic E-state index is 12.3. The van der Waals surface area contributed by atoms with Crippen LogP contribution in [0.5, 0.6) is 0 Å². The Bertz CT molecular complexity index is 460. The van der Waals surface area contributed by atoms with Gasteiger partial charge in [0.25, 0.3) is 0 Å². The van der Waals surface area contributed by atoms with E-state index in [0.29, 0.717) is 6.42 Å². The Kier molecular flexibility index (Phi) is 5.88. The monoisotopic (exact) mass is 334 g/mol. The Morgan fingerprint density at radius 1 is 1.32 bits per heavy atom. The van der Waals surface area contributed by atoms with E-state index in [2.05, 4.69) is 23.5 Å². The second kappa shape index (κ2) is 7.13. The quantitative estimate of drug-likeness (QED) is 0.742. The molecule has 0 aromatic rings. The molecule has 0 amide bonds. The van der Waals surface area contributed by atoms with Crippen LogP contribution in [0.1, 0.15) is 27.2 Å². The number of nitrogens with zero attached hydrogens (tertiary/aromatic N) is 1. The van der Waals surface area contributed by atoms with Crippen LogP contribution in [0.15, 0.2) is 0 Å². The summed E-state index contributed by atoms with van der Waals surface area (Å²) in [5.41, 5.74) is -0.161. The van der Waals surface area contributed by atoms with Gasteiger partial charge in [-0.1, -0.05) is 20.8 Å². The van der Waals surface area contributed by atoms with Crippen molar-refractivity contribution < 1.29 is 17.9 Å². The van der Waals surface area contributed by atoms with Crippen LogP contribution in [-0.4, -0.2) is 71.2 Å². The predicted octanol–water partition coefficient (Wildman–Crippen LogP) is 0.688. The van der Waals surface area contributed by atoms with Gasteiger partial charge >= 0.3 is 0 Å². The van der Waals surface area contributed by atoms with Gasteiger partial charge in [-0.2, -0.15) is 0 Å². The first-order valence-corrected chi connectivity index (χ1v) is 9.76. The van der Waals surface area contributed by atoms with Crippen molar-refractivity contribution in [2.24, 2.45) is 11.3 Å². The molecule has 1 saturated carbocycles. The number of hydrogen-bond donors (Lipinski definition) is 1. The first-order valence-electron chi connectivity index (χ1n) is 8.11. The zero-order valence-electron chi connectivity index (χ0n) is 14.2. The Balaban J connectivity index is 1.79. The van der Waals surface area contributed by atoms with E-state index in [1.54, 1.807) is 7.11 Å². The Morgan fingerprint density at radius 2 is 1.95 bits per heavy atom. The Labute approximate surface area is 134 Å². The summed E-state index contributed by atoms with van der Waals surface area (Å²) in [6.45, 7) is 10.3. The molecule has 1 N–H and O–H groups in total. The highest BCUT2D eigenvalue weighted by atomic mass is 32.2. The summed E-state index contributed by atoms with van der Waals surface area (Å²) in [7, 11) is -1.55. The zero-order valence-corrected chi connectivity index (χ0v) is 15.0. The van der Waals surface area contributed by atoms with Crippen LogP contribution in [0.2, 0.25) is 0 Å². The van der Waals surface area contributed by atoms with Gasteiger partial charge in [0.1, 0.15) is 0 Å². The lowest BCUT2D eigenvalue weighted by Gasteiger charge is -2.56. The number of methoxy groups -OCH3 is 1. The molecule has 2 aliphatic rings. The van der Waals surface area contributed by atoms with Crippen molar-refractivity contribution >= 4 is 10.0 Å². The van der Waals surface area contributed by atoms with Crippen LogP contribution in [0.4, 0.5) is 0 Å². The fourth-order valence-corrected chi connectivity index (χ4v) is 5.45. The topological polar surface area (TPSA) is 67.9 Å². The third-order valence-corrected chi connectivity index (χ3v) is 6.53. The van der Waals surface area contributed by atoms with Crippen molar-refractivity contribution in [2.75, 3.05) is 45.7 Å². The van der Waals surface area contributed by atoms with Crippen molar-refractivity contribution in [1.29, 1.82) is 0 Å². The van der Waals surface area contributed by atoms with Gasteiger partial charge in [0.15, 0.2) is 0 Å². The number of rotatable bonds is 7. The minimum Gasteiger partial charge on any atom is -0.380 e. The van der Waals surface area contributed by atoms with Crippen LogP contribution in [0, 0.1) is 11.3 Å². The molecule has 0 spiro atoms. The summed E-state index contributed by atoms with van der Waals surface area (Å²) in [4.78, 5) is 2.26. The van der Waals surface area contributed by atoms with Gasteiger partial charge < -0.3 is 9.47 Å². The van der Waals surface area contributed by atoms with Crippen LogP contribution in [0.25, 0.3) is 0 Å². The molecule has 3 unspecified atom stereocenters. The van der Waals surface area contributed by atoms with Crippen molar-refractivity contribution in [3.8, 4) is 0 Å². The van der Waals surface area contributed by atoms with E-state index in [4.69, 9.17) is 9.47 Å². The summed E-state index contributed by atoms with van der Waals surface area (Å²) < 4.78 is 38.3. The highest BCUT2D eigenvalue weighted by Gasteiger charge is 2.55. The molecule has 2 fully saturated rings. The number of ether oxygens (including phenoxy) is 2. The molecule has 1 aliphatic carbocycles. The molecule has 6 nitrogen and oxygen atoms in total. The fraction of sp³-hybridized carbons (Fsp3) is 1.00. The molecule has 7 heteroatoms. The van der Waals surface area contributed by atoms with Gasteiger partial charge in [-0.15, -0.1) is 0 Å². The predicted molar refractivity (Wildman–Crippen MR) is 86.3 cm³/mol. The molecule has 22 heavy (non-hydrogen) atoms. The second-order valence-electron chi connectivity index (χ2n) is 7.06. The first-order chi connectivity index (χ1) is 10.3. The molecule has 2 rings (SSSR count). The average Bonchev–Trinajstić information content (AvgIpc) is 2.46. The van der Waals surface area contributed by atoms with Crippen molar-refractivity contribution in [3.63, 3.8) is 0 Å². The lowest BCUT2D eigenvalue weighted by atomic mass is 9.58. The van der Waals surface area contributed by atoms with E-state index in [9.17, 15) is 8.42 Å². The highest BCUT2D eigenvalue weighted by Crippen LogP contribution is 2.47. The van der Waals surface area contributed by atoms with Crippen LogP contribution in [-0.2, 0) is 19.5 Å². The summed E-state index contributed by atoms with van der Waals surface area (Å²) in [6.07, 6.45) is 0.762. The molecule has 0 bridgehead atoms. The summed E-state index contributed by atoms with van der Waals surface area (Å²) in [5.74, 6) is 0.385. The number of sulfonamides is 1. The summed E-state index contributed by atoms with van der Waals surface area (Å²) in [5, 5.41) is 0. The van der Waals surface area contributed by atoms with Gasteiger partial charge in [-0.25, -0.2) is 13.1 Å². The van der Waals surface area contributed by atoms with E-state index in [-0.39, 0.29) is 29.2 Å². The number of hydrogen-bond acceptors (Lipinski definition) is 5. The largest absolute Gasteiger partial charge is 0.380 e. The maximum Gasteiger partial charge on any atom is 0.211 e. The van der Waals surface area contributed by atoms with E-state index < -0.39 is 10.0 Å². The zero-order chi connectivity index (χ0) is 16.4. The van der Waals surface area contributed by atoms with Crippen molar-refractivity contribution in [1.82, 2.24) is 9.62 Å². The number of morpholine rings is 1. The SMILES string of the molecule is COC1C(C)C(NS(=O)(=O)CCCN2CCOCC2)C1(C)C. The minimum absolute atomic E-state index is 0.0502. The molecule has 0 aromatic carbocycles. The third kappa shape index (κ3) is 4.00. The normalized spacial score (nSPS) is 32.6. The highest BCUT2D eigenvalue weighted by molar-refractivity contribution is 7.89. The van der Waals surface area contributed by atoms with Gasteiger partial charge in [-0.05, 0) is 18.9 Å². The summed E-state index contributed by atoms with van der Waals surface area (Å²) in [6, 6.07) is -0.0502. The van der Waals surface area contributed by atoms with Gasteiger partial charge in [0, 0.05) is 31.7 Å². The van der Waals surface area contributed by atoms with Crippen molar-refractivity contribution in [3.05, 3.63) is 0 Å². The Hall–Kier alpha value is -0.210. The van der Waals surface area contributed by atoms with Crippen LogP contribution >= 0.6 is 0 Å². The lowest BCUT2D eigenvalue weighted by Crippen LogP contribution is -2.68. The van der Waals surface area contributed by atoms with Gasteiger partial charge in [-0.3, -0.25) is 4.90 Å². The van der Waals surface area contributed by atoms with E-state index >= 15 is 0 Å².